The summed E-state index contributed by atoms with van der Waals surface area (Å²) in [7, 11) is 1.69. The van der Waals surface area contributed by atoms with Crippen LogP contribution in [0.15, 0.2) is 54.9 Å². The maximum atomic E-state index is 13.0. The highest BCUT2D eigenvalue weighted by Crippen LogP contribution is 2.35. The number of piperidine rings is 1. The summed E-state index contributed by atoms with van der Waals surface area (Å²) in [5.74, 6) is 0.113. The molecule has 2 heterocycles. The average Bonchev–Trinajstić information content (AvgIpc) is 3.12. The Labute approximate surface area is 180 Å². The number of hydrogen-bond acceptors (Lipinski definition) is 3. The first-order valence-corrected chi connectivity index (χ1v) is 10.6. The Hall–Kier alpha value is -2.79. The minimum absolute atomic E-state index is 0.113. The van der Waals surface area contributed by atoms with Gasteiger partial charge in [0.2, 0.25) is 0 Å². The molecule has 0 bridgehead atoms. The van der Waals surface area contributed by atoms with Gasteiger partial charge in [0.05, 0.1) is 12.1 Å². The molecule has 2 aromatic rings. The lowest BCUT2D eigenvalue weighted by molar-refractivity contribution is 0.0645. The van der Waals surface area contributed by atoms with E-state index in [1.807, 2.05) is 61.4 Å². The molecule has 0 aliphatic carbocycles. The van der Waals surface area contributed by atoms with Gasteiger partial charge in [-0.05, 0) is 69.7 Å². The summed E-state index contributed by atoms with van der Waals surface area (Å²) in [5, 5.41) is 3.65. The molecule has 0 radical (unpaired) electrons. The fraction of sp³-hybridized carbons (Fsp3) is 0.400. The summed E-state index contributed by atoms with van der Waals surface area (Å²) >= 11 is 0. The third-order valence-corrected chi connectivity index (χ3v) is 5.69. The predicted octanol–water partition coefficient (Wildman–Crippen LogP) is 4.48. The number of carbonyl (C=O) groups is 1. The van der Waals surface area contributed by atoms with Gasteiger partial charge in [-0.25, -0.2) is 0 Å². The first-order chi connectivity index (χ1) is 14.5. The van der Waals surface area contributed by atoms with Gasteiger partial charge in [0.15, 0.2) is 0 Å². The normalized spacial score (nSPS) is 16.5. The van der Waals surface area contributed by atoms with Gasteiger partial charge in [-0.1, -0.05) is 23.8 Å². The molecular weight excluding hydrogens is 374 g/mol. The van der Waals surface area contributed by atoms with E-state index in [-0.39, 0.29) is 11.4 Å². The monoisotopic (exact) mass is 407 g/mol. The van der Waals surface area contributed by atoms with Gasteiger partial charge in [-0.2, -0.15) is 0 Å². The molecule has 0 spiro atoms. The molecule has 1 saturated heterocycles. The number of carbonyl (C=O) groups excluding carboxylic acids is 1. The average molecular weight is 408 g/mol. The number of amides is 1. The van der Waals surface area contributed by atoms with E-state index in [1.54, 1.807) is 7.11 Å². The quantitative estimate of drug-likeness (QED) is 0.736. The van der Waals surface area contributed by atoms with Crippen LogP contribution < -0.4 is 5.32 Å². The fourth-order valence-electron chi connectivity index (χ4n) is 4.17. The van der Waals surface area contributed by atoms with Crippen LogP contribution in [0.4, 0.5) is 0 Å². The molecule has 5 heteroatoms. The summed E-state index contributed by atoms with van der Waals surface area (Å²) < 4.78 is 7.35. The summed E-state index contributed by atoms with van der Waals surface area (Å²) in [4.78, 5) is 15.0. The van der Waals surface area contributed by atoms with Crippen molar-refractivity contribution in [3.05, 3.63) is 77.3 Å². The smallest absolute Gasteiger partial charge is 0.253 e. The standard InChI is InChI=1S/C25H33N3O2/c1-5-13-28-19-21(3)18-23(28)25(26-12-7-16-30-4)10-14-27(15-11-25)24(29)22-9-6-8-20(2)17-22/h5-9,12-13,17-19,26H,10-11,14-16H2,1-4H3/b12-7+,13-5+. The zero-order valence-corrected chi connectivity index (χ0v) is 18.5. The molecular formula is C25H33N3O2. The van der Waals surface area contributed by atoms with Gasteiger partial charge in [0.1, 0.15) is 0 Å². The van der Waals surface area contributed by atoms with E-state index in [0.717, 1.165) is 24.0 Å². The van der Waals surface area contributed by atoms with Crippen LogP contribution in [-0.4, -0.2) is 42.2 Å². The summed E-state index contributed by atoms with van der Waals surface area (Å²) in [5.41, 5.74) is 4.09. The SMILES string of the molecule is C/C=C/n1cc(C)cc1C1(N/C=C/COC)CCN(C(=O)c2cccc(C)c2)CC1. The molecule has 1 aliphatic rings. The van der Waals surface area contributed by atoms with Crippen molar-refractivity contribution in [2.45, 2.75) is 39.2 Å². The predicted molar refractivity (Wildman–Crippen MR) is 122 cm³/mol. The second-order valence-electron chi connectivity index (χ2n) is 8.04. The molecule has 30 heavy (non-hydrogen) atoms. The van der Waals surface area contributed by atoms with Crippen molar-refractivity contribution in [3.63, 3.8) is 0 Å². The number of methoxy groups -OCH3 is 1. The minimum Gasteiger partial charge on any atom is -0.381 e. The number of aryl methyl sites for hydroxylation is 2. The highest BCUT2D eigenvalue weighted by Gasteiger charge is 2.39. The van der Waals surface area contributed by atoms with Crippen molar-refractivity contribution in [2.75, 3.05) is 26.8 Å². The summed E-state index contributed by atoms with van der Waals surface area (Å²) in [6.45, 7) is 8.15. The molecule has 160 valence electrons. The van der Waals surface area contributed by atoms with Crippen LogP contribution in [0, 0.1) is 13.8 Å². The van der Waals surface area contributed by atoms with Crippen molar-refractivity contribution in [1.29, 1.82) is 0 Å². The second-order valence-corrected chi connectivity index (χ2v) is 8.04. The molecule has 1 N–H and O–H groups in total. The molecule has 1 aromatic carbocycles. The maximum Gasteiger partial charge on any atom is 0.253 e. The Balaban J connectivity index is 1.84. The summed E-state index contributed by atoms with van der Waals surface area (Å²) in [6, 6.07) is 10.1. The highest BCUT2D eigenvalue weighted by molar-refractivity contribution is 5.94. The molecule has 1 fully saturated rings. The van der Waals surface area contributed by atoms with Gasteiger partial charge in [-0.3, -0.25) is 4.79 Å². The van der Waals surface area contributed by atoms with Gasteiger partial charge < -0.3 is 19.5 Å². The molecule has 1 amide bonds. The lowest BCUT2D eigenvalue weighted by Crippen LogP contribution is -2.51. The molecule has 3 rings (SSSR count). The van der Waals surface area contributed by atoms with Crippen molar-refractivity contribution in [3.8, 4) is 0 Å². The number of aromatic nitrogens is 1. The van der Waals surface area contributed by atoms with Crippen molar-refractivity contribution in [2.24, 2.45) is 0 Å². The third-order valence-electron chi connectivity index (χ3n) is 5.69. The van der Waals surface area contributed by atoms with Gasteiger partial charge in [-0.15, -0.1) is 0 Å². The molecule has 5 nitrogen and oxygen atoms in total. The Morgan fingerprint density at radius 2 is 1.97 bits per heavy atom. The second kappa shape index (κ2) is 9.81. The van der Waals surface area contributed by atoms with Crippen LogP contribution >= 0.6 is 0 Å². The van der Waals surface area contributed by atoms with Crippen LogP contribution in [0.3, 0.4) is 0 Å². The number of rotatable bonds is 7. The number of nitrogens with one attached hydrogen (secondary N) is 1. The molecule has 0 unspecified atom stereocenters. The lowest BCUT2D eigenvalue weighted by Gasteiger charge is -2.42. The van der Waals surface area contributed by atoms with Crippen LogP contribution in [0.2, 0.25) is 0 Å². The Bertz CT molecular complexity index is 918. The van der Waals surface area contributed by atoms with Crippen LogP contribution in [-0.2, 0) is 10.3 Å². The van der Waals surface area contributed by atoms with Gasteiger partial charge in [0.25, 0.3) is 5.91 Å². The Morgan fingerprint density at radius 1 is 1.20 bits per heavy atom. The Kier molecular flexibility index (Phi) is 7.16. The number of allylic oxidation sites excluding steroid dienone is 1. The topological polar surface area (TPSA) is 46.5 Å². The number of likely N-dealkylation sites (tertiary alicyclic amines) is 1. The first-order valence-electron chi connectivity index (χ1n) is 10.6. The van der Waals surface area contributed by atoms with Crippen LogP contribution in [0.5, 0.6) is 0 Å². The number of benzene rings is 1. The van der Waals surface area contributed by atoms with E-state index >= 15 is 0 Å². The number of hydrogen-bond donors (Lipinski definition) is 1. The summed E-state index contributed by atoms with van der Waals surface area (Å²) in [6.07, 6.45) is 11.9. The van der Waals surface area contributed by atoms with Crippen LogP contribution in [0.1, 0.15) is 46.9 Å². The van der Waals surface area contributed by atoms with E-state index in [9.17, 15) is 4.79 Å². The third kappa shape index (κ3) is 4.85. The van der Waals surface area contributed by atoms with E-state index in [2.05, 4.69) is 35.3 Å². The van der Waals surface area contributed by atoms with Crippen LogP contribution in [0.25, 0.3) is 6.20 Å². The van der Waals surface area contributed by atoms with E-state index in [4.69, 9.17) is 4.74 Å². The zero-order chi connectivity index (χ0) is 21.6. The number of ether oxygens (including phenoxy) is 1. The zero-order valence-electron chi connectivity index (χ0n) is 18.5. The highest BCUT2D eigenvalue weighted by atomic mass is 16.5. The minimum atomic E-state index is -0.235. The van der Waals surface area contributed by atoms with Gasteiger partial charge in [0, 0.05) is 43.9 Å². The molecule has 1 aromatic heterocycles. The van der Waals surface area contributed by atoms with E-state index < -0.39 is 0 Å². The fourth-order valence-corrected chi connectivity index (χ4v) is 4.17. The molecule has 1 aliphatic heterocycles. The van der Waals surface area contributed by atoms with E-state index in [1.165, 1.54) is 11.3 Å². The first kappa shape index (κ1) is 21.9. The maximum absolute atomic E-state index is 13.0. The number of nitrogens with zero attached hydrogens (tertiary/aromatic N) is 2. The Morgan fingerprint density at radius 3 is 2.63 bits per heavy atom. The lowest BCUT2D eigenvalue weighted by atomic mass is 9.83. The van der Waals surface area contributed by atoms with Gasteiger partial charge >= 0.3 is 0 Å². The molecule has 0 saturated carbocycles. The van der Waals surface area contributed by atoms with Crippen molar-refractivity contribution in [1.82, 2.24) is 14.8 Å². The van der Waals surface area contributed by atoms with Crippen molar-refractivity contribution < 1.29 is 9.53 Å². The van der Waals surface area contributed by atoms with Crippen molar-refractivity contribution >= 4 is 12.1 Å². The van der Waals surface area contributed by atoms with E-state index in [0.29, 0.717) is 19.7 Å². The largest absolute Gasteiger partial charge is 0.381 e. The molecule has 0 atom stereocenters.